The van der Waals surface area contributed by atoms with Crippen molar-refractivity contribution in [1.82, 2.24) is 10.2 Å². The molecule has 0 unspecified atom stereocenters. The van der Waals surface area contributed by atoms with E-state index in [-0.39, 0.29) is 11.7 Å². The molecular formula is C25H29N5O4S. The van der Waals surface area contributed by atoms with Crippen molar-refractivity contribution in [2.24, 2.45) is 0 Å². The molecule has 2 aromatic carbocycles. The number of rotatable bonds is 9. The summed E-state index contributed by atoms with van der Waals surface area (Å²) in [5, 5.41) is 12.2. The summed E-state index contributed by atoms with van der Waals surface area (Å²) in [5.74, 6) is 2.29. The van der Waals surface area contributed by atoms with Crippen LogP contribution in [0, 0.1) is 0 Å². The van der Waals surface area contributed by atoms with E-state index in [0.717, 1.165) is 32.0 Å². The number of para-hydroxylation sites is 1. The third kappa shape index (κ3) is 6.07. The summed E-state index contributed by atoms with van der Waals surface area (Å²) in [4.78, 5) is 17.1. The number of piperazine rings is 1. The third-order valence-corrected chi connectivity index (χ3v) is 6.57. The van der Waals surface area contributed by atoms with Crippen molar-refractivity contribution in [3.63, 3.8) is 0 Å². The van der Waals surface area contributed by atoms with Gasteiger partial charge in [-0.3, -0.25) is 4.79 Å². The molecule has 35 heavy (non-hydrogen) atoms. The first-order chi connectivity index (χ1) is 17.1. The number of hydrogen-bond acceptors (Lipinski definition) is 9. The number of thioether (sulfide) groups is 1. The number of carbonyl (C=O) groups excluding carboxylic acids is 1. The Kier molecular flexibility index (Phi) is 8.15. The maximum Gasteiger partial charge on any atom is 0.234 e. The van der Waals surface area contributed by atoms with Gasteiger partial charge in [0.2, 0.25) is 11.7 Å². The Balaban J connectivity index is 1.28. The number of methoxy groups -OCH3 is 3. The van der Waals surface area contributed by atoms with Gasteiger partial charge in [-0.05, 0) is 24.3 Å². The first-order valence-electron chi connectivity index (χ1n) is 11.2. The Morgan fingerprint density at radius 2 is 1.54 bits per heavy atom. The fourth-order valence-electron chi connectivity index (χ4n) is 3.88. The van der Waals surface area contributed by atoms with Crippen LogP contribution >= 0.6 is 11.8 Å². The zero-order chi connectivity index (χ0) is 24.6. The fourth-order valence-corrected chi connectivity index (χ4v) is 4.49. The molecule has 2 heterocycles. The molecule has 1 aromatic heterocycles. The molecule has 3 aromatic rings. The summed E-state index contributed by atoms with van der Waals surface area (Å²) < 4.78 is 16.0. The Morgan fingerprint density at radius 3 is 2.11 bits per heavy atom. The highest BCUT2D eigenvalue weighted by atomic mass is 32.2. The number of nitrogens with zero attached hydrogens (tertiary/aromatic N) is 4. The second kappa shape index (κ2) is 11.7. The van der Waals surface area contributed by atoms with Crippen molar-refractivity contribution in [2.45, 2.75) is 5.03 Å². The lowest BCUT2D eigenvalue weighted by atomic mass is 10.2. The van der Waals surface area contributed by atoms with Crippen LogP contribution in [0.25, 0.3) is 0 Å². The van der Waals surface area contributed by atoms with Gasteiger partial charge in [0.1, 0.15) is 5.03 Å². The molecule has 4 rings (SSSR count). The summed E-state index contributed by atoms with van der Waals surface area (Å²) in [6, 6.07) is 17.7. The minimum Gasteiger partial charge on any atom is -0.493 e. The largest absolute Gasteiger partial charge is 0.493 e. The van der Waals surface area contributed by atoms with E-state index in [1.54, 1.807) is 12.1 Å². The molecule has 1 saturated heterocycles. The molecule has 1 aliphatic rings. The van der Waals surface area contributed by atoms with Crippen molar-refractivity contribution in [1.29, 1.82) is 0 Å². The Morgan fingerprint density at radius 1 is 0.886 bits per heavy atom. The van der Waals surface area contributed by atoms with Gasteiger partial charge in [-0.1, -0.05) is 30.0 Å². The smallest absolute Gasteiger partial charge is 0.234 e. The number of hydrogen-bond donors (Lipinski definition) is 1. The van der Waals surface area contributed by atoms with E-state index in [9.17, 15) is 4.79 Å². The molecule has 1 N–H and O–H groups in total. The first-order valence-corrected chi connectivity index (χ1v) is 12.2. The second-order valence-electron chi connectivity index (χ2n) is 7.79. The number of amides is 1. The van der Waals surface area contributed by atoms with Crippen LogP contribution in [0.1, 0.15) is 0 Å². The fraction of sp³-hybridized carbons (Fsp3) is 0.320. The Bertz CT molecular complexity index is 1100. The lowest BCUT2D eigenvalue weighted by molar-refractivity contribution is -0.113. The molecule has 10 heteroatoms. The van der Waals surface area contributed by atoms with Gasteiger partial charge in [-0.25, -0.2) is 0 Å². The van der Waals surface area contributed by atoms with Crippen LogP contribution in [0.5, 0.6) is 17.2 Å². The summed E-state index contributed by atoms with van der Waals surface area (Å²) >= 11 is 1.33. The van der Waals surface area contributed by atoms with Crippen LogP contribution < -0.4 is 29.3 Å². The molecular weight excluding hydrogens is 466 g/mol. The van der Waals surface area contributed by atoms with Crippen LogP contribution in [0.3, 0.4) is 0 Å². The van der Waals surface area contributed by atoms with Gasteiger partial charge < -0.3 is 29.3 Å². The molecule has 184 valence electrons. The number of aromatic nitrogens is 2. The van der Waals surface area contributed by atoms with Crippen molar-refractivity contribution >= 4 is 34.9 Å². The van der Waals surface area contributed by atoms with E-state index in [2.05, 4.69) is 49.6 Å². The highest BCUT2D eigenvalue weighted by Crippen LogP contribution is 2.40. The minimum absolute atomic E-state index is 0.174. The third-order valence-electron chi connectivity index (χ3n) is 5.65. The number of ether oxygens (including phenoxy) is 3. The van der Waals surface area contributed by atoms with E-state index in [0.29, 0.717) is 28.0 Å². The molecule has 0 aliphatic carbocycles. The average molecular weight is 496 g/mol. The predicted molar refractivity (Wildman–Crippen MR) is 138 cm³/mol. The normalized spacial score (nSPS) is 13.3. The number of carbonyl (C=O) groups is 1. The van der Waals surface area contributed by atoms with Crippen LogP contribution in [-0.4, -0.2) is 69.4 Å². The molecule has 0 saturated carbocycles. The van der Waals surface area contributed by atoms with Crippen LogP contribution in [0.2, 0.25) is 0 Å². The second-order valence-corrected chi connectivity index (χ2v) is 8.79. The van der Waals surface area contributed by atoms with Gasteiger partial charge in [-0.15, -0.1) is 10.2 Å². The molecule has 0 atom stereocenters. The molecule has 9 nitrogen and oxygen atoms in total. The van der Waals surface area contributed by atoms with Gasteiger partial charge in [-0.2, -0.15) is 0 Å². The van der Waals surface area contributed by atoms with E-state index < -0.39 is 0 Å². The summed E-state index contributed by atoms with van der Waals surface area (Å²) in [7, 11) is 4.60. The molecule has 0 radical (unpaired) electrons. The lowest BCUT2D eigenvalue weighted by Gasteiger charge is -2.36. The maximum atomic E-state index is 12.5. The predicted octanol–water partition coefficient (Wildman–Crippen LogP) is 3.56. The minimum atomic E-state index is -0.174. The summed E-state index contributed by atoms with van der Waals surface area (Å²) in [5.41, 5.74) is 1.80. The monoisotopic (exact) mass is 495 g/mol. The lowest BCUT2D eigenvalue weighted by Crippen LogP contribution is -2.46. The number of benzene rings is 2. The topological polar surface area (TPSA) is 89.1 Å². The highest BCUT2D eigenvalue weighted by molar-refractivity contribution is 7.99. The molecule has 0 bridgehead atoms. The van der Waals surface area contributed by atoms with Gasteiger partial charge in [0, 0.05) is 49.7 Å². The van der Waals surface area contributed by atoms with Gasteiger partial charge in [0.25, 0.3) is 0 Å². The van der Waals surface area contributed by atoms with Gasteiger partial charge in [0.15, 0.2) is 17.3 Å². The van der Waals surface area contributed by atoms with Crippen molar-refractivity contribution in [3.05, 3.63) is 54.6 Å². The molecule has 1 fully saturated rings. The van der Waals surface area contributed by atoms with Gasteiger partial charge >= 0.3 is 0 Å². The van der Waals surface area contributed by atoms with E-state index in [1.165, 1.54) is 38.8 Å². The zero-order valence-electron chi connectivity index (χ0n) is 20.1. The highest BCUT2D eigenvalue weighted by Gasteiger charge is 2.19. The van der Waals surface area contributed by atoms with Crippen LogP contribution in [0.4, 0.5) is 17.2 Å². The van der Waals surface area contributed by atoms with Crippen LogP contribution in [0.15, 0.2) is 59.6 Å². The number of nitrogens with one attached hydrogen (secondary N) is 1. The number of anilines is 3. The van der Waals surface area contributed by atoms with Crippen LogP contribution in [-0.2, 0) is 4.79 Å². The summed E-state index contributed by atoms with van der Waals surface area (Å²) in [6.07, 6.45) is 0. The van der Waals surface area contributed by atoms with Gasteiger partial charge in [0.05, 0.1) is 27.1 Å². The summed E-state index contributed by atoms with van der Waals surface area (Å²) in [6.45, 7) is 3.63. The van der Waals surface area contributed by atoms with Crippen molar-refractivity contribution in [2.75, 3.05) is 68.4 Å². The average Bonchev–Trinajstić information content (AvgIpc) is 2.92. The van der Waals surface area contributed by atoms with E-state index in [1.807, 2.05) is 18.2 Å². The molecule has 1 aliphatic heterocycles. The van der Waals surface area contributed by atoms with E-state index in [4.69, 9.17) is 14.2 Å². The standard InChI is InChI=1S/C25H29N5O4S/c1-32-20-15-18(16-21(33-2)25(20)34-3)26-23(31)17-35-24-10-9-22(27-28-24)30-13-11-29(12-14-30)19-7-5-4-6-8-19/h4-10,15-16H,11-14,17H2,1-3H3,(H,26,31). The SMILES string of the molecule is COc1cc(NC(=O)CSc2ccc(N3CCN(c4ccccc4)CC3)nn2)cc(OC)c1OC. The maximum absolute atomic E-state index is 12.5. The molecule has 1 amide bonds. The van der Waals surface area contributed by atoms with Crippen molar-refractivity contribution < 1.29 is 19.0 Å². The Hall–Kier alpha value is -3.66. The quantitative estimate of drug-likeness (QED) is 0.448. The van der Waals surface area contributed by atoms with Crippen molar-refractivity contribution in [3.8, 4) is 17.2 Å². The molecule has 0 spiro atoms. The zero-order valence-corrected chi connectivity index (χ0v) is 20.9. The first kappa shape index (κ1) is 24.5. The van der Waals surface area contributed by atoms with E-state index >= 15 is 0 Å². The Labute approximate surface area is 209 Å².